The Morgan fingerprint density at radius 2 is 1.27 bits per heavy atom. The van der Waals surface area contributed by atoms with E-state index in [1.807, 2.05) is 0 Å². The summed E-state index contributed by atoms with van der Waals surface area (Å²) in [7, 11) is 0. The van der Waals surface area contributed by atoms with E-state index in [9.17, 15) is 9.90 Å². The minimum absolute atomic E-state index is 0.345. The van der Waals surface area contributed by atoms with Crippen LogP contribution in [-0.4, -0.2) is 27.8 Å². The van der Waals surface area contributed by atoms with Crippen molar-refractivity contribution < 1.29 is 15.0 Å². The van der Waals surface area contributed by atoms with E-state index in [1.165, 1.54) is 64.7 Å². The Bertz CT molecular complexity index is 282. The molecule has 0 aromatic heterocycles. The van der Waals surface area contributed by atoms with E-state index in [0.29, 0.717) is 6.42 Å². The lowest BCUT2D eigenvalue weighted by atomic mass is 9.88. The molecule has 0 radical (unpaired) electrons. The van der Waals surface area contributed by atoms with Crippen molar-refractivity contribution in [2.45, 2.75) is 109 Å². The molecule has 0 amide bonds. The summed E-state index contributed by atoms with van der Waals surface area (Å²) in [4.78, 5) is 11.1. The van der Waals surface area contributed by atoms with E-state index in [2.05, 4.69) is 6.92 Å². The topological polar surface area (TPSA) is 83.6 Å². The third kappa shape index (κ3) is 9.42. The fourth-order valence-corrected chi connectivity index (χ4v) is 2.75. The van der Waals surface area contributed by atoms with Gasteiger partial charge in [-0.2, -0.15) is 0 Å². The normalized spacial score (nSPS) is 15.5. The van der Waals surface area contributed by atoms with E-state index in [0.717, 1.165) is 19.3 Å². The molecule has 2 atom stereocenters. The maximum Gasteiger partial charge on any atom is 0.326 e. The van der Waals surface area contributed by atoms with Crippen LogP contribution in [0.2, 0.25) is 0 Å². The summed E-state index contributed by atoms with van der Waals surface area (Å²) in [6.45, 7) is 3.70. The second kappa shape index (κ2) is 12.9. The zero-order chi connectivity index (χ0) is 16.8. The first-order chi connectivity index (χ1) is 10.4. The number of aliphatic hydroxyl groups is 1. The van der Waals surface area contributed by atoms with Crippen molar-refractivity contribution in [3.05, 3.63) is 0 Å². The highest BCUT2D eigenvalue weighted by Gasteiger charge is 2.38. The van der Waals surface area contributed by atoms with Gasteiger partial charge in [0.15, 0.2) is 0 Å². The molecule has 0 aliphatic rings. The fourth-order valence-electron chi connectivity index (χ4n) is 2.75. The number of hydrogen-bond acceptors (Lipinski definition) is 3. The van der Waals surface area contributed by atoms with Gasteiger partial charge in [0.2, 0.25) is 0 Å². The average Bonchev–Trinajstić information content (AvgIpc) is 2.47. The zero-order valence-corrected chi connectivity index (χ0v) is 14.6. The Kier molecular flexibility index (Phi) is 12.5. The lowest BCUT2D eigenvalue weighted by Crippen LogP contribution is -2.56. The van der Waals surface area contributed by atoms with Gasteiger partial charge in [-0.3, -0.25) is 4.79 Å². The Morgan fingerprint density at radius 3 is 1.59 bits per heavy atom. The lowest BCUT2D eigenvalue weighted by molar-refractivity contribution is -0.148. The molecule has 22 heavy (non-hydrogen) atoms. The molecular formula is C18H37NO3. The van der Waals surface area contributed by atoms with Gasteiger partial charge in [0.05, 0.1) is 6.10 Å². The summed E-state index contributed by atoms with van der Waals surface area (Å²) in [5.74, 6) is -1.11. The fraction of sp³-hybridized carbons (Fsp3) is 0.944. The van der Waals surface area contributed by atoms with E-state index < -0.39 is 17.6 Å². The Balaban J connectivity index is 3.45. The molecule has 0 heterocycles. The first-order valence-electron chi connectivity index (χ1n) is 9.15. The first kappa shape index (κ1) is 21.4. The van der Waals surface area contributed by atoms with Crippen LogP contribution < -0.4 is 5.73 Å². The van der Waals surface area contributed by atoms with Crippen molar-refractivity contribution in [2.24, 2.45) is 5.73 Å². The molecule has 4 heteroatoms. The number of hydrogen-bond donors (Lipinski definition) is 3. The van der Waals surface area contributed by atoms with Crippen LogP contribution in [0.1, 0.15) is 97.3 Å². The third-order valence-corrected chi connectivity index (χ3v) is 4.59. The number of nitrogens with two attached hydrogens (primary N) is 1. The highest BCUT2D eigenvalue weighted by molar-refractivity contribution is 5.79. The Morgan fingerprint density at radius 1 is 0.909 bits per heavy atom. The molecule has 0 rings (SSSR count). The van der Waals surface area contributed by atoms with Crippen LogP contribution in [0.25, 0.3) is 0 Å². The van der Waals surface area contributed by atoms with Gasteiger partial charge in [-0.25, -0.2) is 0 Å². The molecule has 0 saturated heterocycles. The van der Waals surface area contributed by atoms with Gasteiger partial charge in [0.25, 0.3) is 0 Å². The summed E-state index contributed by atoms with van der Waals surface area (Å²) in [6, 6.07) is 0. The van der Waals surface area contributed by atoms with Crippen molar-refractivity contribution in [2.75, 3.05) is 0 Å². The van der Waals surface area contributed by atoms with E-state index >= 15 is 0 Å². The van der Waals surface area contributed by atoms with Gasteiger partial charge in [0, 0.05) is 0 Å². The molecule has 0 aromatic rings. The second-order valence-electron chi connectivity index (χ2n) is 6.66. The standard InChI is InChI=1S/C18H37NO3/c1-3-4-5-6-7-8-9-10-11-12-13-14-15-18(19,16(2)20)17(21)22/h16,20H,3-15,19H2,1-2H3,(H,21,22). The minimum atomic E-state index is -1.49. The number of rotatable bonds is 15. The van der Waals surface area contributed by atoms with Crippen LogP contribution >= 0.6 is 0 Å². The van der Waals surface area contributed by atoms with Crippen LogP contribution in [0.5, 0.6) is 0 Å². The van der Waals surface area contributed by atoms with Crippen LogP contribution in [0, 0.1) is 0 Å². The highest BCUT2D eigenvalue weighted by Crippen LogP contribution is 2.18. The number of carboxylic acids is 1. The van der Waals surface area contributed by atoms with E-state index in [-0.39, 0.29) is 0 Å². The average molecular weight is 315 g/mol. The van der Waals surface area contributed by atoms with Gasteiger partial charge in [-0.15, -0.1) is 0 Å². The molecule has 0 bridgehead atoms. The number of carbonyl (C=O) groups is 1. The zero-order valence-electron chi connectivity index (χ0n) is 14.6. The maximum absolute atomic E-state index is 11.1. The Labute approximate surface area is 136 Å². The smallest absolute Gasteiger partial charge is 0.326 e. The molecule has 0 spiro atoms. The number of unbranched alkanes of at least 4 members (excludes halogenated alkanes) is 11. The molecule has 132 valence electrons. The number of aliphatic hydroxyl groups excluding tert-OH is 1. The van der Waals surface area contributed by atoms with E-state index in [4.69, 9.17) is 10.8 Å². The third-order valence-electron chi connectivity index (χ3n) is 4.59. The van der Waals surface area contributed by atoms with Crippen molar-refractivity contribution in [1.82, 2.24) is 0 Å². The summed E-state index contributed by atoms with van der Waals surface area (Å²) in [5, 5.41) is 18.6. The van der Waals surface area contributed by atoms with Crippen molar-refractivity contribution >= 4 is 5.97 Å². The lowest BCUT2D eigenvalue weighted by Gasteiger charge is -2.27. The summed E-state index contributed by atoms with van der Waals surface area (Å²) in [5.41, 5.74) is 4.28. The highest BCUT2D eigenvalue weighted by atomic mass is 16.4. The van der Waals surface area contributed by atoms with Crippen LogP contribution in [0.3, 0.4) is 0 Å². The van der Waals surface area contributed by atoms with Crippen LogP contribution in [-0.2, 0) is 4.79 Å². The predicted molar refractivity (Wildman–Crippen MR) is 91.9 cm³/mol. The summed E-state index contributed by atoms with van der Waals surface area (Å²) < 4.78 is 0. The monoisotopic (exact) mass is 315 g/mol. The Hall–Kier alpha value is -0.610. The summed E-state index contributed by atoms with van der Waals surface area (Å²) >= 11 is 0. The van der Waals surface area contributed by atoms with Crippen molar-refractivity contribution in [1.29, 1.82) is 0 Å². The number of carboxylic acid groups (broad SMARTS) is 1. The van der Waals surface area contributed by atoms with Gasteiger partial charge >= 0.3 is 5.97 Å². The van der Waals surface area contributed by atoms with Gasteiger partial charge in [-0.05, 0) is 13.3 Å². The molecule has 0 aliphatic carbocycles. The quantitative estimate of drug-likeness (QED) is 0.395. The van der Waals surface area contributed by atoms with Gasteiger partial charge in [0.1, 0.15) is 5.54 Å². The second-order valence-corrected chi connectivity index (χ2v) is 6.66. The molecule has 0 fully saturated rings. The molecular weight excluding hydrogens is 278 g/mol. The van der Waals surface area contributed by atoms with Gasteiger partial charge < -0.3 is 15.9 Å². The molecule has 0 aromatic carbocycles. The molecule has 0 aliphatic heterocycles. The van der Waals surface area contributed by atoms with Gasteiger partial charge in [-0.1, -0.05) is 84.0 Å². The molecule has 0 saturated carbocycles. The maximum atomic E-state index is 11.1. The summed E-state index contributed by atoms with van der Waals surface area (Å²) in [6.07, 6.45) is 14.2. The largest absolute Gasteiger partial charge is 0.480 e. The molecule has 4 nitrogen and oxygen atoms in total. The first-order valence-corrected chi connectivity index (χ1v) is 9.15. The molecule has 4 N–H and O–H groups in total. The van der Waals surface area contributed by atoms with Crippen LogP contribution in [0.4, 0.5) is 0 Å². The molecule has 2 unspecified atom stereocenters. The predicted octanol–water partition coefficient (Wildman–Crippen LogP) is 4.24. The SMILES string of the molecule is CCCCCCCCCCCCCCC(N)(C(=O)O)C(C)O. The van der Waals surface area contributed by atoms with E-state index in [1.54, 1.807) is 0 Å². The van der Waals surface area contributed by atoms with Crippen molar-refractivity contribution in [3.8, 4) is 0 Å². The minimum Gasteiger partial charge on any atom is -0.480 e. The number of aliphatic carboxylic acids is 1. The van der Waals surface area contributed by atoms with Crippen molar-refractivity contribution in [3.63, 3.8) is 0 Å². The van der Waals surface area contributed by atoms with Crippen LogP contribution in [0.15, 0.2) is 0 Å².